The molecule has 2 unspecified atom stereocenters. The molecule has 2 rings (SSSR count). The number of aromatic nitrogens is 1. The molecule has 2 N–H and O–H groups in total. The van der Waals surface area contributed by atoms with E-state index in [1.165, 1.54) is 0 Å². The summed E-state index contributed by atoms with van der Waals surface area (Å²) >= 11 is 1.11. The first kappa shape index (κ1) is 15.9. The van der Waals surface area contributed by atoms with Crippen LogP contribution >= 0.6 is 11.3 Å². The Bertz CT molecular complexity index is 523. The molecule has 0 aromatic carbocycles. The molecule has 0 aliphatic carbocycles. The Hall–Kier alpha value is -1.47. The van der Waals surface area contributed by atoms with E-state index >= 15 is 0 Å². The van der Waals surface area contributed by atoms with E-state index in [1.807, 2.05) is 6.92 Å². The van der Waals surface area contributed by atoms with Crippen molar-refractivity contribution in [3.05, 3.63) is 15.6 Å². The van der Waals surface area contributed by atoms with Crippen LogP contribution in [0.25, 0.3) is 0 Å². The van der Waals surface area contributed by atoms with Gasteiger partial charge in [-0.25, -0.2) is 9.78 Å². The van der Waals surface area contributed by atoms with Gasteiger partial charge in [-0.1, -0.05) is 0 Å². The summed E-state index contributed by atoms with van der Waals surface area (Å²) in [6.07, 6.45) is 3.45. The molecule has 1 aliphatic rings. The molecule has 2 atom stereocenters. The number of thiazole rings is 1. The molecular weight excluding hydrogens is 292 g/mol. The maximum Gasteiger partial charge on any atom is 0.347 e. The molecule has 1 saturated heterocycles. The highest BCUT2D eigenvalue weighted by atomic mass is 32.1. The van der Waals surface area contributed by atoms with Crippen LogP contribution in [0.4, 0.5) is 0 Å². The van der Waals surface area contributed by atoms with Crippen LogP contribution < -0.4 is 5.32 Å². The number of ether oxygens (including phenoxy) is 1. The Kier molecular flexibility index (Phi) is 5.30. The number of hydrogen-bond acceptors (Lipinski definition) is 5. The molecule has 2 heterocycles. The van der Waals surface area contributed by atoms with Crippen molar-refractivity contribution in [3.63, 3.8) is 0 Å². The molecular formula is C14H20N2O4S. The number of hydrogen-bond donors (Lipinski definition) is 2. The third-order valence-electron chi connectivity index (χ3n) is 3.47. The molecule has 0 spiro atoms. The largest absolute Gasteiger partial charge is 0.477 e. The second-order valence-electron chi connectivity index (χ2n) is 5.23. The highest BCUT2D eigenvalue weighted by molar-refractivity contribution is 7.13. The van der Waals surface area contributed by atoms with Gasteiger partial charge in [-0.3, -0.25) is 4.79 Å². The van der Waals surface area contributed by atoms with Gasteiger partial charge in [-0.2, -0.15) is 0 Å². The number of amides is 1. The van der Waals surface area contributed by atoms with Crippen molar-refractivity contribution in [3.8, 4) is 0 Å². The number of carbonyl (C=O) groups is 2. The number of aromatic carboxylic acids is 1. The maximum absolute atomic E-state index is 11.9. The number of aryl methyl sites for hydroxylation is 1. The van der Waals surface area contributed by atoms with Crippen molar-refractivity contribution >= 4 is 23.2 Å². The molecule has 6 nitrogen and oxygen atoms in total. The standard InChI is InChI=1S/C14H20N2O4S/c1-8-12(14(18)19)21-13(16-8)9(2)15-11(17)6-5-10-4-3-7-20-10/h9-10H,3-7H2,1-2H3,(H,15,17)(H,18,19). The molecule has 1 aromatic heterocycles. The minimum absolute atomic E-state index is 0.0530. The summed E-state index contributed by atoms with van der Waals surface area (Å²) in [4.78, 5) is 27.3. The van der Waals surface area contributed by atoms with Gasteiger partial charge in [0.15, 0.2) is 0 Å². The monoisotopic (exact) mass is 312 g/mol. The van der Waals surface area contributed by atoms with Gasteiger partial charge in [0.05, 0.1) is 17.8 Å². The molecule has 1 aromatic rings. The average molecular weight is 312 g/mol. The fraction of sp³-hybridized carbons (Fsp3) is 0.643. The lowest BCUT2D eigenvalue weighted by Crippen LogP contribution is -2.27. The zero-order chi connectivity index (χ0) is 15.4. The zero-order valence-electron chi connectivity index (χ0n) is 12.2. The minimum atomic E-state index is -0.979. The van der Waals surface area contributed by atoms with Crippen molar-refractivity contribution in [2.45, 2.75) is 51.7 Å². The average Bonchev–Trinajstić information content (AvgIpc) is 3.05. The van der Waals surface area contributed by atoms with Crippen LogP contribution in [0.15, 0.2) is 0 Å². The van der Waals surface area contributed by atoms with Gasteiger partial charge in [0.1, 0.15) is 9.88 Å². The molecule has 1 aliphatic heterocycles. The van der Waals surface area contributed by atoms with Crippen LogP contribution in [-0.4, -0.2) is 34.7 Å². The summed E-state index contributed by atoms with van der Waals surface area (Å²) in [6, 6.07) is -0.279. The summed E-state index contributed by atoms with van der Waals surface area (Å²) in [5, 5.41) is 12.5. The van der Waals surface area contributed by atoms with E-state index in [0.29, 0.717) is 17.1 Å². The number of carboxylic acids is 1. The lowest BCUT2D eigenvalue weighted by molar-refractivity contribution is -0.122. The number of nitrogens with zero attached hydrogens (tertiary/aromatic N) is 1. The van der Waals surface area contributed by atoms with Crippen molar-refractivity contribution in [2.24, 2.45) is 0 Å². The Labute approximate surface area is 127 Å². The second-order valence-corrected chi connectivity index (χ2v) is 6.27. The Morgan fingerprint density at radius 3 is 2.90 bits per heavy atom. The minimum Gasteiger partial charge on any atom is -0.477 e. The van der Waals surface area contributed by atoms with E-state index in [0.717, 1.165) is 37.2 Å². The van der Waals surface area contributed by atoms with E-state index in [9.17, 15) is 9.59 Å². The van der Waals surface area contributed by atoms with Gasteiger partial charge in [0.25, 0.3) is 0 Å². The summed E-state index contributed by atoms with van der Waals surface area (Å²) in [5.74, 6) is -1.03. The van der Waals surface area contributed by atoms with Crippen molar-refractivity contribution in [1.29, 1.82) is 0 Å². The van der Waals surface area contributed by atoms with E-state index in [-0.39, 0.29) is 22.9 Å². The van der Waals surface area contributed by atoms with E-state index in [1.54, 1.807) is 6.92 Å². The Balaban J connectivity index is 1.85. The number of rotatable bonds is 6. The SMILES string of the molecule is Cc1nc(C(C)NC(=O)CCC2CCCO2)sc1C(=O)O. The molecule has 1 amide bonds. The quantitative estimate of drug-likeness (QED) is 0.841. The highest BCUT2D eigenvalue weighted by Crippen LogP contribution is 2.24. The summed E-state index contributed by atoms with van der Waals surface area (Å²) in [5.41, 5.74) is 0.489. The van der Waals surface area contributed by atoms with Crippen molar-refractivity contribution in [1.82, 2.24) is 10.3 Å². The van der Waals surface area contributed by atoms with Crippen molar-refractivity contribution in [2.75, 3.05) is 6.61 Å². The van der Waals surface area contributed by atoms with Gasteiger partial charge in [-0.15, -0.1) is 11.3 Å². The van der Waals surface area contributed by atoms with Gasteiger partial charge in [0, 0.05) is 13.0 Å². The van der Waals surface area contributed by atoms with Gasteiger partial charge < -0.3 is 15.2 Å². The second kappa shape index (κ2) is 7.00. The molecule has 7 heteroatoms. The van der Waals surface area contributed by atoms with Crippen LogP contribution in [0, 0.1) is 6.92 Å². The molecule has 0 saturated carbocycles. The van der Waals surface area contributed by atoms with Gasteiger partial charge in [-0.05, 0) is 33.1 Å². The third kappa shape index (κ3) is 4.25. The molecule has 0 radical (unpaired) electrons. The smallest absolute Gasteiger partial charge is 0.347 e. The van der Waals surface area contributed by atoms with Crippen molar-refractivity contribution < 1.29 is 19.4 Å². The predicted molar refractivity (Wildman–Crippen MR) is 78.6 cm³/mol. The molecule has 1 fully saturated rings. The van der Waals surface area contributed by atoms with Gasteiger partial charge in [0.2, 0.25) is 5.91 Å². The Morgan fingerprint density at radius 2 is 2.33 bits per heavy atom. The summed E-state index contributed by atoms with van der Waals surface area (Å²) < 4.78 is 5.48. The number of carboxylic acid groups (broad SMARTS) is 1. The fourth-order valence-electron chi connectivity index (χ4n) is 2.34. The lowest BCUT2D eigenvalue weighted by Gasteiger charge is -2.13. The fourth-order valence-corrected chi connectivity index (χ4v) is 3.25. The van der Waals surface area contributed by atoms with E-state index in [2.05, 4.69) is 10.3 Å². The van der Waals surface area contributed by atoms with Crippen LogP contribution in [0.5, 0.6) is 0 Å². The first-order chi connectivity index (χ1) is 9.97. The summed E-state index contributed by atoms with van der Waals surface area (Å²) in [6.45, 7) is 4.27. The third-order valence-corrected chi connectivity index (χ3v) is 4.80. The topological polar surface area (TPSA) is 88.5 Å². The number of nitrogens with one attached hydrogen (secondary N) is 1. The highest BCUT2D eigenvalue weighted by Gasteiger charge is 2.20. The summed E-state index contributed by atoms with van der Waals surface area (Å²) in [7, 11) is 0. The van der Waals surface area contributed by atoms with Crippen LogP contribution in [0.3, 0.4) is 0 Å². The Morgan fingerprint density at radius 1 is 1.57 bits per heavy atom. The lowest BCUT2D eigenvalue weighted by atomic mass is 10.1. The van der Waals surface area contributed by atoms with Crippen LogP contribution in [-0.2, 0) is 9.53 Å². The van der Waals surface area contributed by atoms with Gasteiger partial charge >= 0.3 is 5.97 Å². The van der Waals surface area contributed by atoms with E-state index < -0.39 is 5.97 Å². The van der Waals surface area contributed by atoms with E-state index in [4.69, 9.17) is 9.84 Å². The molecule has 116 valence electrons. The molecule has 0 bridgehead atoms. The number of carbonyl (C=O) groups excluding carboxylic acids is 1. The maximum atomic E-state index is 11.9. The van der Waals surface area contributed by atoms with Crippen LogP contribution in [0.1, 0.15) is 59.0 Å². The first-order valence-electron chi connectivity index (χ1n) is 7.09. The van der Waals surface area contributed by atoms with Crippen LogP contribution in [0.2, 0.25) is 0 Å². The normalized spacial score (nSPS) is 19.4. The zero-order valence-corrected chi connectivity index (χ0v) is 13.0. The molecule has 21 heavy (non-hydrogen) atoms. The first-order valence-corrected chi connectivity index (χ1v) is 7.90. The predicted octanol–water partition coefficient (Wildman–Crippen LogP) is 2.29.